The van der Waals surface area contributed by atoms with Gasteiger partial charge in [-0.25, -0.2) is 9.78 Å². The molecule has 0 aromatic carbocycles. The molecule has 1 N–H and O–H groups in total. The molecule has 0 atom stereocenters. The number of carbonyl (C=O) groups is 1. The van der Waals surface area contributed by atoms with Crippen LogP contribution in [0.2, 0.25) is 0 Å². The number of pyridine rings is 2. The molecule has 6 nitrogen and oxygen atoms in total. The van der Waals surface area contributed by atoms with Crippen LogP contribution in [0.1, 0.15) is 41.4 Å². The van der Waals surface area contributed by atoms with Crippen LogP contribution >= 0.6 is 12.2 Å². The summed E-state index contributed by atoms with van der Waals surface area (Å²) in [5.41, 5.74) is 0.706. The van der Waals surface area contributed by atoms with E-state index in [4.69, 9.17) is 34.3 Å². The second-order valence-corrected chi connectivity index (χ2v) is 6.85. The third-order valence-electron chi connectivity index (χ3n) is 3.78. The molecule has 0 saturated carbocycles. The number of rotatable bonds is 6. The van der Waals surface area contributed by atoms with E-state index in [0.717, 1.165) is 0 Å². The van der Waals surface area contributed by atoms with Crippen LogP contribution in [-0.4, -0.2) is 39.5 Å². The molecule has 2 rings (SSSR count). The molecule has 9 heteroatoms. The number of aromatic carboxylic acids is 1. The molecule has 0 unspecified atom stereocenters. The molecule has 142 valence electrons. The molecule has 2 aromatic rings. The summed E-state index contributed by atoms with van der Waals surface area (Å²) in [7, 11) is 3.00. The van der Waals surface area contributed by atoms with Crippen LogP contribution < -0.4 is 9.47 Å². The molecule has 0 aliphatic rings. The van der Waals surface area contributed by atoms with Gasteiger partial charge in [0.05, 0.1) is 31.3 Å². The van der Waals surface area contributed by atoms with Crippen molar-refractivity contribution in [2.24, 2.45) is 0 Å². The van der Waals surface area contributed by atoms with Gasteiger partial charge in [-0.15, -0.1) is 4.20 Å². The number of ether oxygens (including phenoxy) is 2. The Morgan fingerprint density at radius 2 is 1.46 bits per heavy atom. The largest absolute Gasteiger partial charge is 0.497 e. The van der Waals surface area contributed by atoms with Crippen LogP contribution in [0.5, 0.6) is 11.5 Å². The monoisotopic (exact) mass is 572 g/mol. The summed E-state index contributed by atoms with van der Waals surface area (Å²) >= 11 is 10.1. The maximum atomic E-state index is 11.3. The first-order valence-corrected chi connectivity index (χ1v) is 8.08. The summed E-state index contributed by atoms with van der Waals surface area (Å²) in [6, 6.07) is 6.46. The minimum Gasteiger partial charge on any atom is -0.497 e. The number of carboxylic acid groups (broad SMARTS) is 1. The normalized spacial score (nSPS) is 10.6. The molecule has 0 fully saturated rings. The summed E-state index contributed by atoms with van der Waals surface area (Å²) in [5, 5.41) is 9.28. The van der Waals surface area contributed by atoms with Crippen molar-refractivity contribution >= 4 is 35.0 Å². The fraction of sp³-hybridized carbons (Fsp3) is 0.294. The maximum absolute atomic E-state index is 11.3. The van der Waals surface area contributed by atoms with Crippen molar-refractivity contribution in [3.63, 3.8) is 0 Å². The summed E-state index contributed by atoms with van der Waals surface area (Å²) in [6.45, 7) is 3.75. The van der Waals surface area contributed by atoms with E-state index < -0.39 is 11.4 Å². The number of nitrogens with zero attached hydrogens (tertiary/aromatic N) is 2. The molecule has 26 heavy (non-hydrogen) atoms. The predicted octanol–water partition coefficient (Wildman–Crippen LogP) is 2.74. The topological polar surface area (TPSA) is 81.5 Å². The van der Waals surface area contributed by atoms with Gasteiger partial charge in [-0.3, -0.25) is 4.98 Å². The first-order valence-electron chi connectivity index (χ1n) is 7.26. The van der Waals surface area contributed by atoms with Crippen molar-refractivity contribution in [1.29, 1.82) is 0 Å². The minimum atomic E-state index is -1.14. The van der Waals surface area contributed by atoms with Crippen molar-refractivity contribution < 1.29 is 40.4 Å². The van der Waals surface area contributed by atoms with E-state index in [1.54, 1.807) is 18.2 Å². The first kappa shape index (κ1) is 22.4. The van der Waals surface area contributed by atoms with Gasteiger partial charge in [0.15, 0.2) is 5.69 Å². The van der Waals surface area contributed by atoms with Crippen molar-refractivity contribution in [3.05, 3.63) is 47.0 Å². The molecule has 0 aliphatic carbocycles. The standard InChI is InChI=1S/C17H18N2O4S2.Pt/c1-17(2,13-7-9(22-3)5-11(18-13)15(20)21)14-8-10(23-4)6-12(19-14)16(24)25;/h5-8H,1-4H3,(H,20,21)(H,24,25);/p-1. The van der Waals surface area contributed by atoms with Gasteiger partial charge in [-0.2, -0.15) is 0 Å². The Hall–Kier alpha value is -1.63. The third kappa shape index (κ3) is 4.75. The van der Waals surface area contributed by atoms with Crippen LogP contribution in [-0.2, 0) is 39.1 Å². The minimum absolute atomic E-state index is 0. The van der Waals surface area contributed by atoms with E-state index in [2.05, 4.69) is 9.97 Å². The fourth-order valence-electron chi connectivity index (χ4n) is 2.23. The Bertz CT molecular complexity index is 776. The van der Waals surface area contributed by atoms with E-state index in [1.165, 1.54) is 20.3 Å². The van der Waals surface area contributed by atoms with Crippen molar-refractivity contribution in [2.45, 2.75) is 19.3 Å². The Labute approximate surface area is 177 Å². The average molecular weight is 573 g/mol. The molecule has 2 heterocycles. The Morgan fingerprint density at radius 1 is 1.04 bits per heavy atom. The SMILES string of the molecule is COc1cc(C(=O)O)nc(C(C)(C)c2cc(OC)cc(C(=S)[S-])n2)c1.[Pt]. The predicted molar refractivity (Wildman–Crippen MR) is 99.7 cm³/mol. The zero-order valence-corrected chi connectivity index (χ0v) is 18.4. The smallest absolute Gasteiger partial charge is 0.354 e. The van der Waals surface area contributed by atoms with Crippen LogP contribution in [0.15, 0.2) is 24.3 Å². The number of aromatic nitrogens is 2. The number of carboxylic acids is 1. The number of thiocarbonyl (C=S) groups is 1. The maximum Gasteiger partial charge on any atom is 0.354 e. The number of hydrogen-bond acceptors (Lipinski definition) is 7. The van der Waals surface area contributed by atoms with Gasteiger partial charge in [0.1, 0.15) is 11.5 Å². The Morgan fingerprint density at radius 3 is 1.85 bits per heavy atom. The van der Waals surface area contributed by atoms with E-state index in [1.807, 2.05) is 13.8 Å². The third-order valence-corrected chi connectivity index (χ3v) is 4.20. The molecule has 0 spiro atoms. The summed E-state index contributed by atoms with van der Waals surface area (Å²) in [5.74, 6) is -0.180. The molecule has 0 aliphatic heterocycles. The van der Waals surface area contributed by atoms with Gasteiger partial charge in [0.25, 0.3) is 0 Å². The zero-order valence-electron chi connectivity index (χ0n) is 14.5. The van der Waals surface area contributed by atoms with Crippen LogP contribution in [0, 0.1) is 0 Å². The van der Waals surface area contributed by atoms with Gasteiger partial charge in [0, 0.05) is 50.7 Å². The van der Waals surface area contributed by atoms with Crippen molar-refractivity contribution in [1.82, 2.24) is 9.97 Å². The van der Waals surface area contributed by atoms with Gasteiger partial charge >= 0.3 is 5.97 Å². The summed E-state index contributed by atoms with van der Waals surface area (Å²) in [4.78, 5) is 20.1. The van der Waals surface area contributed by atoms with Crippen molar-refractivity contribution in [3.8, 4) is 11.5 Å². The molecule has 0 radical (unpaired) electrons. The second kappa shape index (κ2) is 8.84. The van der Waals surface area contributed by atoms with Crippen LogP contribution in [0.25, 0.3) is 0 Å². The van der Waals surface area contributed by atoms with E-state index in [0.29, 0.717) is 28.6 Å². The molecule has 0 amide bonds. The quantitative estimate of drug-likeness (QED) is 0.418. The van der Waals surface area contributed by atoms with Gasteiger partial charge in [0.2, 0.25) is 0 Å². The average Bonchev–Trinajstić information content (AvgIpc) is 2.60. The van der Waals surface area contributed by atoms with Gasteiger partial charge in [-0.05, 0) is 13.8 Å². The second-order valence-electron chi connectivity index (χ2n) is 5.77. The number of hydrogen-bond donors (Lipinski definition) is 1. The molecular weight excluding hydrogens is 555 g/mol. The Kier molecular flexibility index (Phi) is 7.62. The summed E-state index contributed by atoms with van der Waals surface area (Å²) < 4.78 is 10.7. The van der Waals surface area contributed by atoms with E-state index in [9.17, 15) is 9.90 Å². The zero-order chi connectivity index (χ0) is 18.8. The molecular formula is C17H17N2O4PtS2-. The first-order chi connectivity index (χ1) is 11.7. The molecule has 0 bridgehead atoms. The Balaban J connectivity index is 0.00000338. The van der Waals surface area contributed by atoms with Crippen molar-refractivity contribution in [2.75, 3.05) is 14.2 Å². The van der Waals surface area contributed by atoms with Crippen LogP contribution in [0.3, 0.4) is 0 Å². The van der Waals surface area contributed by atoms with Crippen LogP contribution in [0.4, 0.5) is 0 Å². The summed E-state index contributed by atoms with van der Waals surface area (Å²) in [6.07, 6.45) is 0. The van der Waals surface area contributed by atoms with E-state index in [-0.39, 0.29) is 31.0 Å². The van der Waals surface area contributed by atoms with Gasteiger partial charge in [-0.1, -0.05) is 0 Å². The van der Waals surface area contributed by atoms with E-state index >= 15 is 0 Å². The number of methoxy groups -OCH3 is 2. The molecule has 0 saturated heterocycles. The fourth-order valence-corrected chi connectivity index (χ4v) is 2.44. The van der Waals surface area contributed by atoms with Gasteiger partial charge < -0.3 is 39.4 Å². The molecule has 2 aromatic heterocycles.